The van der Waals surface area contributed by atoms with Gasteiger partial charge in [-0.05, 0) is 29.8 Å². The number of methoxy groups -OCH3 is 1. The van der Waals surface area contributed by atoms with Gasteiger partial charge in [0.25, 0.3) is 0 Å². The number of ether oxygens (including phenoxy) is 1. The number of nitrogens with two attached hydrogens (primary N) is 1. The summed E-state index contributed by atoms with van der Waals surface area (Å²) in [5, 5.41) is 0. The molecular formula is C14H15NO2S. The zero-order valence-electron chi connectivity index (χ0n) is 10.1. The lowest BCUT2D eigenvalue weighted by atomic mass is 10.2. The van der Waals surface area contributed by atoms with Crippen LogP contribution in [-0.2, 0) is 16.6 Å². The van der Waals surface area contributed by atoms with Gasteiger partial charge in [0.15, 0.2) is 0 Å². The summed E-state index contributed by atoms with van der Waals surface area (Å²) >= 11 is 0. The molecule has 1 atom stereocenters. The highest BCUT2D eigenvalue weighted by atomic mass is 32.2. The van der Waals surface area contributed by atoms with Gasteiger partial charge in [0.2, 0.25) is 0 Å². The van der Waals surface area contributed by atoms with Crippen LogP contribution in [0.3, 0.4) is 0 Å². The van der Waals surface area contributed by atoms with E-state index in [1.807, 2.05) is 42.5 Å². The van der Waals surface area contributed by atoms with Crippen molar-refractivity contribution in [3.05, 3.63) is 54.1 Å². The lowest BCUT2D eigenvalue weighted by Crippen LogP contribution is -1.98. The zero-order valence-corrected chi connectivity index (χ0v) is 10.9. The highest BCUT2D eigenvalue weighted by Gasteiger charge is 2.06. The third-order valence-electron chi connectivity index (χ3n) is 2.53. The molecule has 94 valence electrons. The van der Waals surface area contributed by atoms with Gasteiger partial charge in [0, 0.05) is 16.6 Å². The van der Waals surface area contributed by atoms with E-state index in [-0.39, 0.29) is 0 Å². The summed E-state index contributed by atoms with van der Waals surface area (Å²) in [5.74, 6) is 1.13. The van der Waals surface area contributed by atoms with Gasteiger partial charge in [-0.25, -0.2) is 0 Å². The SMILES string of the molecule is COc1cc(N)cc(CS(=O)c2ccccc2)c1. The van der Waals surface area contributed by atoms with Crippen molar-refractivity contribution in [1.29, 1.82) is 0 Å². The van der Waals surface area contributed by atoms with Gasteiger partial charge in [-0.15, -0.1) is 0 Å². The fraction of sp³-hybridized carbons (Fsp3) is 0.143. The van der Waals surface area contributed by atoms with Crippen LogP contribution in [0.4, 0.5) is 5.69 Å². The van der Waals surface area contributed by atoms with E-state index in [0.29, 0.717) is 17.2 Å². The van der Waals surface area contributed by atoms with Crippen LogP contribution >= 0.6 is 0 Å². The summed E-state index contributed by atoms with van der Waals surface area (Å²) in [4.78, 5) is 0.818. The average Bonchev–Trinajstić information content (AvgIpc) is 2.39. The Balaban J connectivity index is 2.19. The van der Waals surface area contributed by atoms with Crippen molar-refractivity contribution in [2.75, 3.05) is 12.8 Å². The second-order valence-corrected chi connectivity index (χ2v) is 5.37. The van der Waals surface area contributed by atoms with Crippen molar-refractivity contribution in [1.82, 2.24) is 0 Å². The summed E-state index contributed by atoms with van der Waals surface area (Å²) in [7, 11) is 0.526. The molecule has 4 heteroatoms. The van der Waals surface area contributed by atoms with E-state index in [1.165, 1.54) is 0 Å². The first-order chi connectivity index (χ1) is 8.69. The Morgan fingerprint density at radius 2 is 1.89 bits per heavy atom. The number of hydrogen-bond acceptors (Lipinski definition) is 3. The molecule has 0 radical (unpaired) electrons. The molecule has 2 aromatic carbocycles. The third-order valence-corrected chi connectivity index (χ3v) is 3.92. The molecule has 0 aliphatic heterocycles. The summed E-state index contributed by atoms with van der Waals surface area (Å²) < 4.78 is 17.3. The van der Waals surface area contributed by atoms with Gasteiger partial charge in [0.05, 0.1) is 23.7 Å². The molecule has 0 amide bonds. The van der Waals surface area contributed by atoms with Gasteiger partial charge in [-0.2, -0.15) is 0 Å². The van der Waals surface area contributed by atoms with Crippen LogP contribution in [0.2, 0.25) is 0 Å². The number of benzene rings is 2. The Kier molecular flexibility index (Phi) is 3.99. The maximum absolute atomic E-state index is 12.2. The molecule has 3 nitrogen and oxygen atoms in total. The summed E-state index contributed by atoms with van der Waals surface area (Å²) in [6, 6.07) is 14.8. The zero-order chi connectivity index (χ0) is 13.0. The Labute approximate surface area is 109 Å². The largest absolute Gasteiger partial charge is 0.497 e. The maximum atomic E-state index is 12.2. The summed E-state index contributed by atoms with van der Waals surface area (Å²) in [6.45, 7) is 0. The van der Waals surface area contributed by atoms with E-state index in [2.05, 4.69) is 0 Å². The van der Waals surface area contributed by atoms with E-state index in [1.54, 1.807) is 13.2 Å². The number of nitrogen functional groups attached to an aromatic ring is 1. The number of hydrogen-bond donors (Lipinski definition) is 1. The van der Waals surface area contributed by atoms with Crippen LogP contribution in [0.5, 0.6) is 5.75 Å². The fourth-order valence-corrected chi connectivity index (χ4v) is 2.79. The molecule has 1 unspecified atom stereocenters. The van der Waals surface area contributed by atoms with Crippen molar-refractivity contribution in [2.24, 2.45) is 0 Å². The molecule has 2 aromatic rings. The van der Waals surface area contributed by atoms with Gasteiger partial charge in [-0.1, -0.05) is 18.2 Å². The predicted octanol–water partition coefficient (Wildman–Crippen LogP) is 2.59. The first-order valence-corrected chi connectivity index (χ1v) is 6.88. The molecule has 0 saturated heterocycles. The van der Waals surface area contributed by atoms with Crippen molar-refractivity contribution in [3.63, 3.8) is 0 Å². The number of anilines is 1. The number of rotatable bonds is 4. The van der Waals surface area contributed by atoms with Crippen LogP contribution < -0.4 is 10.5 Å². The van der Waals surface area contributed by atoms with Crippen molar-refractivity contribution in [3.8, 4) is 5.75 Å². The van der Waals surface area contributed by atoms with Gasteiger partial charge in [-0.3, -0.25) is 4.21 Å². The smallest absolute Gasteiger partial charge is 0.121 e. The van der Waals surface area contributed by atoms with Crippen molar-refractivity contribution in [2.45, 2.75) is 10.6 Å². The van der Waals surface area contributed by atoms with Crippen LogP contribution in [0.15, 0.2) is 53.4 Å². The fourth-order valence-electron chi connectivity index (χ4n) is 1.69. The minimum atomic E-state index is -1.06. The van der Waals surface area contributed by atoms with Crippen LogP contribution in [0.1, 0.15) is 5.56 Å². The second kappa shape index (κ2) is 5.69. The lowest BCUT2D eigenvalue weighted by Gasteiger charge is -2.07. The van der Waals surface area contributed by atoms with Crippen LogP contribution in [-0.4, -0.2) is 11.3 Å². The van der Waals surface area contributed by atoms with E-state index in [4.69, 9.17) is 10.5 Å². The van der Waals surface area contributed by atoms with Crippen molar-refractivity contribution >= 4 is 16.5 Å². The molecule has 0 bridgehead atoms. The molecule has 18 heavy (non-hydrogen) atoms. The first kappa shape index (κ1) is 12.6. The Morgan fingerprint density at radius 1 is 1.17 bits per heavy atom. The van der Waals surface area contributed by atoms with E-state index >= 15 is 0 Å². The Morgan fingerprint density at radius 3 is 2.56 bits per heavy atom. The standard InChI is InChI=1S/C14H15NO2S/c1-17-13-8-11(7-12(15)9-13)10-18(16)14-5-3-2-4-6-14/h2-9H,10,15H2,1H3. The van der Waals surface area contributed by atoms with Crippen molar-refractivity contribution < 1.29 is 8.95 Å². The molecule has 0 saturated carbocycles. The minimum absolute atomic E-state index is 0.436. The molecule has 0 fully saturated rings. The quantitative estimate of drug-likeness (QED) is 0.861. The molecule has 0 spiro atoms. The Hall–Kier alpha value is -1.81. The molecule has 2 rings (SSSR count). The van der Waals surface area contributed by atoms with E-state index in [0.717, 1.165) is 10.5 Å². The van der Waals surface area contributed by atoms with E-state index in [9.17, 15) is 4.21 Å². The normalized spacial score (nSPS) is 12.1. The molecule has 0 heterocycles. The highest BCUT2D eigenvalue weighted by molar-refractivity contribution is 7.84. The topological polar surface area (TPSA) is 52.3 Å². The molecular weight excluding hydrogens is 246 g/mol. The second-order valence-electron chi connectivity index (χ2n) is 3.92. The summed E-state index contributed by atoms with van der Waals surface area (Å²) in [5.41, 5.74) is 7.30. The van der Waals surface area contributed by atoms with E-state index < -0.39 is 10.8 Å². The predicted molar refractivity (Wildman–Crippen MR) is 74.0 cm³/mol. The lowest BCUT2D eigenvalue weighted by molar-refractivity contribution is 0.414. The van der Waals surface area contributed by atoms with Crippen LogP contribution in [0, 0.1) is 0 Å². The minimum Gasteiger partial charge on any atom is -0.497 e. The first-order valence-electron chi connectivity index (χ1n) is 5.56. The molecule has 0 aromatic heterocycles. The molecule has 2 N–H and O–H groups in total. The summed E-state index contributed by atoms with van der Waals surface area (Å²) in [6.07, 6.45) is 0. The third kappa shape index (κ3) is 3.11. The highest BCUT2D eigenvalue weighted by Crippen LogP contribution is 2.21. The molecule has 0 aliphatic rings. The van der Waals surface area contributed by atoms with Gasteiger partial charge >= 0.3 is 0 Å². The average molecular weight is 261 g/mol. The molecule has 0 aliphatic carbocycles. The van der Waals surface area contributed by atoms with Gasteiger partial charge < -0.3 is 10.5 Å². The van der Waals surface area contributed by atoms with Crippen LogP contribution in [0.25, 0.3) is 0 Å². The monoisotopic (exact) mass is 261 g/mol. The Bertz CT molecular complexity index is 555. The maximum Gasteiger partial charge on any atom is 0.121 e. The van der Waals surface area contributed by atoms with Gasteiger partial charge in [0.1, 0.15) is 5.75 Å².